The van der Waals surface area contributed by atoms with E-state index in [1.807, 2.05) is 0 Å². The molecule has 5 heteroatoms. The normalized spacial score (nSPS) is 14.7. The molecule has 0 bridgehead atoms. The summed E-state index contributed by atoms with van der Waals surface area (Å²) in [5, 5.41) is 11.1. The molecule has 0 radical (unpaired) electrons. The van der Waals surface area contributed by atoms with Gasteiger partial charge in [0.2, 0.25) is 11.8 Å². The van der Waals surface area contributed by atoms with Crippen LogP contribution in [-0.4, -0.2) is 29.6 Å². The number of aliphatic hydroxyl groups is 1. The Morgan fingerprint density at radius 2 is 2.08 bits per heavy atom. The van der Waals surface area contributed by atoms with Gasteiger partial charge in [-0.2, -0.15) is 0 Å². The van der Waals surface area contributed by atoms with Crippen molar-refractivity contribution in [3.63, 3.8) is 0 Å². The molecular formula is C8H16N2O3. The molecule has 0 heterocycles. The fourth-order valence-electron chi connectivity index (χ4n) is 0.771. The summed E-state index contributed by atoms with van der Waals surface area (Å²) < 4.78 is 0. The van der Waals surface area contributed by atoms with Gasteiger partial charge in [-0.3, -0.25) is 9.59 Å². The van der Waals surface area contributed by atoms with Gasteiger partial charge in [-0.25, -0.2) is 0 Å². The van der Waals surface area contributed by atoms with E-state index >= 15 is 0 Å². The topological polar surface area (TPSA) is 92.4 Å². The lowest BCUT2D eigenvalue weighted by molar-refractivity contribution is -0.130. The first-order valence-electron chi connectivity index (χ1n) is 4.23. The van der Waals surface area contributed by atoms with E-state index in [2.05, 4.69) is 5.32 Å². The van der Waals surface area contributed by atoms with Gasteiger partial charge in [-0.1, -0.05) is 13.8 Å². The molecule has 0 aromatic rings. The van der Waals surface area contributed by atoms with Gasteiger partial charge in [0.25, 0.3) is 0 Å². The van der Waals surface area contributed by atoms with E-state index in [-0.39, 0.29) is 12.5 Å². The highest BCUT2D eigenvalue weighted by atomic mass is 16.3. The number of carbonyl (C=O) groups excluding carboxylic acids is 2. The van der Waals surface area contributed by atoms with Crippen LogP contribution in [0.3, 0.4) is 0 Å². The molecular weight excluding hydrogens is 172 g/mol. The molecule has 0 rings (SSSR count). The number of nitrogens with two attached hydrogens (primary N) is 1. The largest absolute Gasteiger partial charge is 0.396 e. The number of rotatable bonds is 5. The predicted octanol–water partition coefficient (Wildman–Crippen LogP) is -1.01. The van der Waals surface area contributed by atoms with Crippen LogP contribution < -0.4 is 11.1 Å². The van der Waals surface area contributed by atoms with Gasteiger partial charge in [0.1, 0.15) is 6.04 Å². The second kappa shape index (κ2) is 5.53. The predicted molar refractivity (Wildman–Crippen MR) is 47.7 cm³/mol. The Hall–Kier alpha value is -1.10. The summed E-state index contributed by atoms with van der Waals surface area (Å²) in [5.41, 5.74) is 5.02. The summed E-state index contributed by atoms with van der Waals surface area (Å²) in [4.78, 5) is 21.9. The number of hydrogen-bond acceptors (Lipinski definition) is 3. The lowest BCUT2D eigenvalue weighted by atomic mass is 10.1. The summed E-state index contributed by atoms with van der Waals surface area (Å²) in [6.07, 6.45) is 0.458. The highest BCUT2D eigenvalue weighted by Gasteiger charge is 2.18. The first-order chi connectivity index (χ1) is 6.02. The molecule has 0 aromatic carbocycles. The van der Waals surface area contributed by atoms with Crippen molar-refractivity contribution in [1.29, 1.82) is 0 Å². The van der Waals surface area contributed by atoms with Crippen molar-refractivity contribution in [2.75, 3.05) is 6.61 Å². The SMILES string of the molecule is CCC(NC(=O)C(C)CO)C(N)=O. The first kappa shape index (κ1) is 11.9. The minimum Gasteiger partial charge on any atom is -0.396 e. The first-order valence-corrected chi connectivity index (χ1v) is 4.23. The van der Waals surface area contributed by atoms with Crippen molar-refractivity contribution in [2.45, 2.75) is 26.3 Å². The van der Waals surface area contributed by atoms with Crippen LogP contribution in [0.5, 0.6) is 0 Å². The smallest absolute Gasteiger partial charge is 0.239 e. The summed E-state index contributed by atoms with van der Waals surface area (Å²) in [6.45, 7) is 3.09. The highest BCUT2D eigenvalue weighted by molar-refractivity contribution is 5.87. The summed E-state index contributed by atoms with van der Waals surface area (Å²) in [6, 6.07) is -0.638. The van der Waals surface area contributed by atoms with Crippen molar-refractivity contribution in [3.8, 4) is 0 Å². The van der Waals surface area contributed by atoms with Crippen molar-refractivity contribution < 1.29 is 14.7 Å². The van der Waals surface area contributed by atoms with Crippen molar-refractivity contribution >= 4 is 11.8 Å². The molecule has 0 aliphatic heterocycles. The average Bonchev–Trinajstić information content (AvgIpc) is 2.11. The third-order valence-electron chi connectivity index (χ3n) is 1.79. The van der Waals surface area contributed by atoms with Crippen LogP contribution in [0.2, 0.25) is 0 Å². The van der Waals surface area contributed by atoms with Crippen LogP contribution in [0.25, 0.3) is 0 Å². The van der Waals surface area contributed by atoms with Crippen LogP contribution in [0.4, 0.5) is 0 Å². The molecule has 0 saturated heterocycles. The number of nitrogens with one attached hydrogen (secondary N) is 1. The van der Waals surface area contributed by atoms with Crippen LogP contribution in [0.1, 0.15) is 20.3 Å². The van der Waals surface area contributed by atoms with E-state index in [9.17, 15) is 9.59 Å². The minimum atomic E-state index is -0.638. The molecule has 5 nitrogen and oxygen atoms in total. The maximum Gasteiger partial charge on any atom is 0.239 e. The van der Waals surface area contributed by atoms with Crippen molar-refractivity contribution in [1.82, 2.24) is 5.32 Å². The van der Waals surface area contributed by atoms with Crippen molar-refractivity contribution in [3.05, 3.63) is 0 Å². The lowest BCUT2D eigenvalue weighted by Gasteiger charge is -2.15. The van der Waals surface area contributed by atoms with E-state index in [0.717, 1.165) is 0 Å². The number of amides is 2. The van der Waals surface area contributed by atoms with Gasteiger partial charge in [-0.05, 0) is 6.42 Å². The monoisotopic (exact) mass is 188 g/mol. The Morgan fingerprint density at radius 1 is 1.54 bits per heavy atom. The van der Waals surface area contributed by atoms with Crippen LogP contribution in [0, 0.1) is 5.92 Å². The lowest BCUT2D eigenvalue weighted by Crippen LogP contribution is -2.46. The third-order valence-corrected chi connectivity index (χ3v) is 1.79. The van der Waals surface area contributed by atoms with Gasteiger partial charge < -0.3 is 16.2 Å². The Kier molecular flexibility index (Phi) is 5.06. The zero-order chi connectivity index (χ0) is 10.4. The number of carbonyl (C=O) groups is 2. The molecule has 2 unspecified atom stereocenters. The van der Waals surface area contributed by atoms with E-state index in [4.69, 9.17) is 10.8 Å². The Morgan fingerprint density at radius 3 is 2.38 bits per heavy atom. The number of primary amides is 1. The molecule has 0 fully saturated rings. The zero-order valence-corrected chi connectivity index (χ0v) is 7.91. The molecule has 0 aliphatic rings. The highest BCUT2D eigenvalue weighted by Crippen LogP contribution is 1.96. The molecule has 4 N–H and O–H groups in total. The number of hydrogen-bond donors (Lipinski definition) is 3. The fraction of sp³-hybridized carbons (Fsp3) is 0.750. The average molecular weight is 188 g/mol. The Labute approximate surface area is 77.3 Å². The Balaban J connectivity index is 4.09. The van der Waals surface area contributed by atoms with E-state index in [1.165, 1.54) is 0 Å². The summed E-state index contributed by atoms with van der Waals surface area (Å²) in [5.74, 6) is -1.41. The van der Waals surface area contributed by atoms with Gasteiger partial charge >= 0.3 is 0 Å². The van der Waals surface area contributed by atoms with Gasteiger partial charge in [0, 0.05) is 0 Å². The van der Waals surface area contributed by atoms with Gasteiger partial charge in [0.05, 0.1) is 12.5 Å². The van der Waals surface area contributed by atoms with Crippen molar-refractivity contribution in [2.24, 2.45) is 11.7 Å². The molecule has 0 saturated carbocycles. The molecule has 0 spiro atoms. The van der Waals surface area contributed by atoms with E-state index in [0.29, 0.717) is 6.42 Å². The standard InChI is InChI=1S/C8H16N2O3/c1-3-6(7(9)12)10-8(13)5(2)4-11/h5-6,11H,3-4H2,1-2H3,(H2,9,12)(H,10,13). The fourth-order valence-corrected chi connectivity index (χ4v) is 0.771. The van der Waals surface area contributed by atoms with E-state index in [1.54, 1.807) is 13.8 Å². The summed E-state index contributed by atoms with van der Waals surface area (Å²) >= 11 is 0. The summed E-state index contributed by atoms with van der Waals surface area (Å²) in [7, 11) is 0. The zero-order valence-electron chi connectivity index (χ0n) is 7.91. The number of aliphatic hydroxyl groups excluding tert-OH is 1. The second-order valence-electron chi connectivity index (χ2n) is 2.96. The molecule has 76 valence electrons. The molecule has 13 heavy (non-hydrogen) atoms. The molecule has 2 amide bonds. The maximum atomic E-state index is 11.2. The van der Waals surface area contributed by atoms with Gasteiger partial charge in [0.15, 0.2) is 0 Å². The van der Waals surface area contributed by atoms with E-state index < -0.39 is 17.9 Å². The van der Waals surface area contributed by atoms with Crippen LogP contribution in [0.15, 0.2) is 0 Å². The molecule has 0 aliphatic carbocycles. The maximum absolute atomic E-state index is 11.2. The van der Waals surface area contributed by atoms with Crippen LogP contribution >= 0.6 is 0 Å². The third kappa shape index (κ3) is 3.89. The van der Waals surface area contributed by atoms with Crippen LogP contribution in [-0.2, 0) is 9.59 Å². The second-order valence-corrected chi connectivity index (χ2v) is 2.96. The molecule has 2 atom stereocenters. The minimum absolute atomic E-state index is 0.235. The Bertz CT molecular complexity index is 194. The van der Waals surface area contributed by atoms with Gasteiger partial charge in [-0.15, -0.1) is 0 Å². The quantitative estimate of drug-likeness (QED) is 0.516. The molecule has 0 aromatic heterocycles.